The third kappa shape index (κ3) is 3.59. The molecule has 0 saturated heterocycles. The molecule has 0 bridgehead atoms. The Morgan fingerprint density at radius 1 is 1.13 bits per heavy atom. The van der Waals surface area contributed by atoms with Gasteiger partial charge in [0.2, 0.25) is 5.91 Å². The van der Waals surface area contributed by atoms with Gasteiger partial charge in [0.05, 0.1) is 17.4 Å². The highest BCUT2D eigenvalue weighted by Crippen LogP contribution is 2.17. The van der Waals surface area contributed by atoms with E-state index in [0.29, 0.717) is 18.9 Å². The van der Waals surface area contributed by atoms with Gasteiger partial charge in [-0.15, -0.1) is 0 Å². The van der Waals surface area contributed by atoms with E-state index in [0.717, 1.165) is 16.7 Å². The molecule has 0 unspecified atom stereocenters. The van der Waals surface area contributed by atoms with E-state index in [1.54, 1.807) is 6.33 Å². The number of para-hydroxylation sites is 2. The molecule has 1 N–H and O–H groups in total. The Bertz CT molecular complexity index is 803. The van der Waals surface area contributed by atoms with Crippen LogP contribution in [0.2, 0.25) is 0 Å². The summed E-state index contributed by atoms with van der Waals surface area (Å²) >= 11 is 0. The number of hydrogen-bond donors (Lipinski definition) is 1. The normalized spacial score (nSPS) is 11.1. The number of rotatable bonds is 5. The predicted molar refractivity (Wildman–Crippen MR) is 93.5 cm³/mol. The Labute approximate surface area is 136 Å². The number of benzene rings is 2. The molecule has 1 amide bonds. The molecule has 0 aliphatic rings. The Morgan fingerprint density at radius 2 is 1.87 bits per heavy atom. The van der Waals surface area contributed by atoms with Crippen molar-refractivity contribution in [2.45, 2.75) is 32.7 Å². The average molecular weight is 307 g/mol. The van der Waals surface area contributed by atoms with E-state index in [-0.39, 0.29) is 5.91 Å². The van der Waals surface area contributed by atoms with Crippen molar-refractivity contribution in [1.82, 2.24) is 9.55 Å². The van der Waals surface area contributed by atoms with Gasteiger partial charge in [-0.2, -0.15) is 0 Å². The van der Waals surface area contributed by atoms with Gasteiger partial charge in [-0.05, 0) is 35.7 Å². The molecule has 1 heterocycles. The van der Waals surface area contributed by atoms with Gasteiger partial charge in [0.15, 0.2) is 0 Å². The van der Waals surface area contributed by atoms with Crippen molar-refractivity contribution in [3.8, 4) is 0 Å². The summed E-state index contributed by atoms with van der Waals surface area (Å²) in [6.45, 7) is 4.93. The lowest BCUT2D eigenvalue weighted by atomic mass is 10.0. The van der Waals surface area contributed by atoms with E-state index >= 15 is 0 Å². The van der Waals surface area contributed by atoms with Crippen molar-refractivity contribution in [1.29, 1.82) is 0 Å². The zero-order chi connectivity index (χ0) is 16.2. The van der Waals surface area contributed by atoms with E-state index < -0.39 is 0 Å². The lowest BCUT2D eigenvalue weighted by Gasteiger charge is -2.09. The van der Waals surface area contributed by atoms with Crippen LogP contribution in [0.3, 0.4) is 0 Å². The van der Waals surface area contributed by atoms with Gasteiger partial charge >= 0.3 is 0 Å². The summed E-state index contributed by atoms with van der Waals surface area (Å²) in [6.07, 6.45) is 2.21. The lowest BCUT2D eigenvalue weighted by Crippen LogP contribution is -2.14. The van der Waals surface area contributed by atoms with Gasteiger partial charge in [0.1, 0.15) is 0 Å². The van der Waals surface area contributed by atoms with Crippen LogP contribution in [0.25, 0.3) is 11.0 Å². The zero-order valence-corrected chi connectivity index (χ0v) is 13.5. The minimum atomic E-state index is 0.0140. The van der Waals surface area contributed by atoms with Crippen molar-refractivity contribution in [3.63, 3.8) is 0 Å². The third-order valence-electron chi connectivity index (χ3n) is 3.97. The summed E-state index contributed by atoms with van der Waals surface area (Å²) in [6, 6.07) is 16.0. The van der Waals surface area contributed by atoms with Crippen LogP contribution in [-0.2, 0) is 11.3 Å². The number of nitrogens with zero attached hydrogens (tertiary/aromatic N) is 2. The third-order valence-corrected chi connectivity index (χ3v) is 3.97. The van der Waals surface area contributed by atoms with Crippen LogP contribution in [0.15, 0.2) is 54.9 Å². The van der Waals surface area contributed by atoms with Crippen molar-refractivity contribution >= 4 is 22.6 Å². The van der Waals surface area contributed by atoms with Gasteiger partial charge in [-0.25, -0.2) is 4.98 Å². The molecule has 0 atom stereocenters. The summed E-state index contributed by atoms with van der Waals surface area (Å²) in [5.41, 5.74) is 4.13. The van der Waals surface area contributed by atoms with Crippen LogP contribution in [0, 0.1) is 0 Å². The molecule has 3 aromatic rings. The highest BCUT2D eigenvalue weighted by atomic mass is 16.1. The van der Waals surface area contributed by atoms with Gasteiger partial charge < -0.3 is 9.88 Å². The Morgan fingerprint density at radius 3 is 2.61 bits per heavy atom. The topological polar surface area (TPSA) is 46.9 Å². The molecule has 4 nitrogen and oxygen atoms in total. The molecular weight excluding hydrogens is 286 g/mol. The first kappa shape index (κ1) is 15.3. The maximum Gasteiger partial charge on any atom is 0.226 e. The van der Waals surface area contributed by atoms with E-state index in [1.165, 1.54) is 5.56 Å². The highest BCUT2D eigenvalue weighted by Gasteiger charge is 2.06. The second kappa shape index (κ2) is 6.65. The number of imidazole rings is 1. The number of fused-ring (bicyclic) bond motifs is 1. The molecule has 0 spiro atoms. The average Bonchev–Trinajstić information content (AvgIpc) is 2.97. The first-order valence-electron chi connectivity index (χ1n) is 7.93. The Kier molecular flexibility index (Phi) is 4.42. The van der Waals surface area contributed by atoms with Crippen LogP contribution < -0.4 is 5.32 Å². The van der Waals surface area contributed by atoms with Gasteiger partial charge in [-0.1, -0.05) is 38.1 Å². The van der Waals surface area contributed by atoms with Crippen LogP contribution in [0.5, 0.6) is 0 Å². The number of aromatic nitrogens is 2. The molecule has 3 rings (SSSR count). The smallest absolute Gasteiger partial charge is 0.226 e. The number of aryl methyl sites for hydroxylation is 1. The molecule has 4 heteroatoms. The minimum Gasteiger partial charge on any atom is -0.330 e. The molecule has 2 aromatic carbocycles. The van der Waals surface area contributed by atoms with Crippen molar-refractivity contribution in [3.05, 3.63) is 60.4 Å². The Hall–Kier alpha value is -2.62. The summed E-state index contributed by atoms with van der Waals surface area (Å²) < 4.78 is 2.01. The fourth-order valence-corrected chi connectivity index (χ4v) is 2.59. The highest BCUT2D eigenvalue weighted by molar-refractivity contribution is 5.90. The Balaban J connectivity index is 1.59. The molecule has 0 fully saturated rings. The number of nitrogens with one attached hydrogen (secondary N) is 1. The molecular formula is C19H21N3O. The summed E-state index contributed by atoms with van der Waals surface area (Å²) in [5, 5.41) is 2.95. The minimum absolute atomic E-state index is 0.0140. The largest absolute Gasteiger partial charge is 0.330 e. The SMILES string of the molecule is CC(C)c1ccc(NC(=O)CCn2cnc3ccccc32)cc1. The number of hydrogen-bond acceptors (Lipinski definition) is 2. The number of carbonyl (C=O) groups is 1. The summed E-state index contributed by atoms with van der Waals surface area (Å²) in [7, 11) is 0. The van der Waals surface area contributed by atoms with E-state index in [4.69, 9.17) is 0 Å². The monoisotopic (exact) mass is 307 g/mol. The second-order valence-electron chi connectivity index (χ2n) is 6.00. The van der Waals surface area contributed by atoms with Gasteiger partial charge in [0, 0.05) is 18.7 Å². The van der Waals surface area contributed by atoms with Gasteiger partial charge in [-0.3, -0.25) is 4.79 Å². The van der Waals surface area contributed by atoms with E-state index in [2.05, 4.69) is 36.3 Å². The first-order chi connectivity index (χ1) is 11.1. The fourth-order valence-electron chi connectivity index (χ4n) is 2.59. The van der Waals surface area contributed by atoms with Crippen LogP contribution in [0.1, 0.15) is 31.7 Å². The molecule has 118 valence electrons. The van der Waals surface area contributed by atoms with E-state index in [9.17, 15) is 4.79 Å². The maximum atomic E-state index is 12.1. The lowest BCUT2D eigenvalue weighted by molar-refractivity contribution is -0.116. The zero-order valence-electron chi connectivity index (χ0n) is 13.5. The van der Waals surface area contributed by atoms with E-state index in [1.807, 2.05) is 41.0 Å². The summed E-state index contributed by atoms with van der Waals surface area (Å²) in [5.74, 6) is 0.509. The molecule has 0 aliphatic carbocycles. The summed E-state index contributed by atoms with van der Waals surface area (Å²) in [4.78, 5) is 16.5. The van der Waals surface area contributed by atoms with Crippen LogP contribution in [0.4, 0.5) is 5.69 Å². The first-order valence-corrected chi connectivity index (χ1v) is 7.93. The van der Waals surface area contributed by atoms with Crippen molar-refractivity contribution in [2.75, 3.05) is 5.32 Å². The molecule has 0 aliphatic heterocycles. The molecule has 0 saturated carbocycles. The molecule has 0 radical (unpaired) electrons. The van der Waals surface area contributed by atoms with Crippen LogP contribution in [-0.4, -0.2) is 15.5 Å². The quantitative estimate of drug-likeness (QED) is 0.768. The van der Waals surface area contributed by atoms with Crippen molar-refractivity contribution in [2.24, 2.45) is 0 Å². The number of carbonyl (C=O) groups excluding carboxylic acids is 1. The number of anilines is 1. The predicted octanol–water partition coefficient (Wildman–Crippen LogP) is 4.19. The molecule has 23 heavy (non-hydrogen) atoms. The standard InChI is InChI=1S/C19H21N3O/c1-14(2)15-7-9-16(10-8-15)21-19(23)11-12-22-13-20-17-5-3-4-6-18(17)22/h3-10,13-14H,11-12H2,1-2H3,(H,21,23). The van der Waals surface area contributed by atoms with Crippen molar-refractivity contribution < 1.29 is 4.79 Å². The van der Waals surface area contributed by atoms with Crippen LogP contribution >= 0.6 is 0 Å². The second-order valence-corrected chi connectivity index (χ2v) is 6.00. The van der Waals surface area contributed by atoms with Gasteiger partial charge in [0.25, 0.3) is 0 Å². The number of amides is 1. The fraction of sp³-hybridized carbons (Fsp3) is 0.263. The maximum absolute atomic E-state index is 12.1. The molecule has 1 aromatic heterocycles.